The van der Waals surface area contributed by atoms with Crippen LogP contribution in [0.3, 0.4) is 0 Å². The number of carbonyl (C=O) groups is 3. The predicted molar refractivity (Wildman–Crippen MR) is 102 cm³/mol. The number of ether oxygens (including phenoxy) is 1. The number of hydrogen-bond acceptors (Lipinski definition) is 6. The van der Waals surface area contributed by atoms with E-state index in [4.69, 9.17) is 9.84 Å². The van der Waals surface area contributed by atoms with Gasteiger partial charge in [0.1, 0.15) is 18.4 Å². The number of fused-ring (bicyclic) bond motifs is 1. The molecule has 1 aromatic rings. The summed E-state index contributed by atoms with van der Waals surface area (Å²) in [5.41, 5.74) is 2.04. The Morgan fingerprint density at radius 2 is 1.96 bits per heavy atom. The first kappa shape index (κ1) is 18.7. The number of hydrogen-bond donors (Lipinski definition) is 2. The van der Waals surface area contributed by atoms with E-state index < -0.39 is 5.97 Å². The molecule has 0 spiro atoms. The number of anilines is 1. The van der Waals surface area contributed by atoms with Gasteiger partial charge in [-0.25, -0.2) is 0 Å². The second-order valence-electron chi connectivity index (χ2n) is 7.65. The molecule has 3 aliphatic heterocycles. The van der Waals surface area contributed by atoms with Crippen LogP contribution < -0.4 is 15.0 Å². The number of amides is 2. The molecule has 0 saturated carbocycles. The Morgan fingerprint density at radius 3 is 2.68 bits per heavy atom. The summed E-state index contributed by atoms with van der Waals surface area (Å²) in [4.78, 5) is 38.8. The fraction of sp³-hybridized carbons (Fsp3) is 0.550. The van der Waals surface area contributed by atoms with Gasteiger partial charge in [-0.15, -0.1) is 0 Å². The molecular weight excluding hydrogens is 362 g/mol. The fourth-order valence-electron chi connectivity index (χ4n) is 4.51. The number of rotatable bonds is 4. The largest absolute Gasteiger partial charge is 0.489 e. The van der Waals surface area contributed by atoms with Crippen molar-refractivity contribution in [1.29, 1.82) is 0 Å². The lowest BCUT2D eigenvalue weighted by molar-refractivity contribution is -0.138. The summed E-state index contributed by atoms with van der Waals surface area (Å²) >= 11 is 0. The minimum atomic E-state index is -0.793. The van der Waals surface area contributed by atoms with Crippen molar-refractivity contribution < 1.29 is 24.2 Å². The molecule has 0 aromatic heterocycles. The van der Waals surface area contributed by atoms with Crippen LogP contribution >= 0.6 is 0 Å². The molecule has 28 heavy (non-hydrogen) atoms. The Morgan fingerprint density at radius 1 is 1.18 bits per heavy atom. The van der Waals surface area contributed by atoms with Gasteiger partial charge in [-0.3, -0.25) is 24.6 Å². The molecular formula is C20H25N3O5. The number of nitrogens with one attached hydrogen (secondary N) is 1. The Hall–Kier alpha value is -2.61. The second kappa shape index (κ2) is 7.79. The number of benzene rings is 1. The molecule has 2 saturated heterocycles. The lowest BCUT2D eigenvalue weighted by Crippen LogP contribution is -2.54. The SMILES string of the molecule is O=C(O)CN1CCC(c2cccc3c2OCCN3[C@H]2CCC(=O)NC2=O)CC1. The van der Waals surface area contributed by atoms with Crippen LogP contribution in [0.25, 0.3) is 0 Å². The molecule has 0 unspecified atom stereocenters. The van der Waals surface area contributed by atoms with Crippen molar-refractivity contribution in [2.45, 2.75) is 37.6 Å². The van der Waals surface area contributed by atoms with E-state index in [1.807, 2.05) is 17.0 Å². The van der Waals surface area contributed by atoms with Crippen molar-refractivity contribution >= 4 is 23.5 Å². The summed E-state index contributed by atoms with van der Waals surface area (Å²) < 4.78 is 6.03. The number of piperidine rings is 2. The van der Waals surface area contributed by atoms with Crippen molar-refractivity contribution in [1.82, 2.24) is 10.2 Å². The maximum absolute atomic E-state index is 12.4. The molecule has 4 rings (SSSR count). The molecule has 0 radical (unpaired) electrons. The highest BCUT2D eigenvalue weighted by molar-refractivity contribution is 6.02. The molecule has 1 atom stereocenters. The molecule has 8 nitrogen and oxygen atoms in total. The third-order valence-electron chi connectivity index (χ3n) is 5.89. The minimum absolute atomic E-state index is 0.0827. The van der Waals surface area contributed by atoms with Crippen LogP contribution in [-0.4, -0.2) is 66.6 Å². The molecule has 2 amide bonds. The number of para-hydroxylation sites is 1. The molecule has 0 bridgehead atoms. The molecule has 150 valence electrons. The normalized spacial score (nSPS) is 23.7. The number of carboxylic acids is 1. The Balaban J connectivity index is 1.54. The smallest absolute Gasteiger partial charge is 0.317 e. The lowest BCUT2D eigenvalue weighted by atomic mass is 9.87. The number of nitrogens with zero attached hydrogens (tertiary/aromatic N) is 2. The van der Waals surface area contributed by atoms with Gasteiger partial charge in [0.2, 0.25) is 11.8 Å². The number of likely N-dealkylation sites (tertiary alicyclic amines) is 1. The van der Waals surface area contributed by atoms with E-state index in [1.54, 1.807) is 0 Å². The van der Waals surface area contributed by atoms with E-state index in [1.165, 1.54) is 0 Å². The minimum Gasteiger partial charge on any atom is -0.489 e. The monoisotopic (exact) mass is 387 g/mol. The highest BCUT2D eigenvalue weighted by Gasteiger charge is 2.36. The standard InChI is InChI=1S/C20H25N3O5/c24-17-5-4-16(20(27)21-17)23-10-11-28-19-14(2-1-3-15(19)23)13-6-8-22(9-7-13)12-18(25)26/h1-3,13,16H,4-12H2,(H,25,26)(H,21,24,27)/t16-/m0/s1. The van der Waals surface area contributed by atoms with Crippen LogP contribution in [0.5, 0.6) is 5.75 Å². The molecule has 2 fully saturated rings. The summed E-state index contributed by atoms with van der Waals surface area (Å²) in [7, 11) is 0. The van der Waals surface area contributed by atoms with Crippen molar-refractivity contribution in [3.63, 3.8) is 0 Å². The summed E-state index contributed by atoms with van der Waals surface area (Å²) in [5, 5.41) is 11.4. The van der Waals surface area contributed by atoms with Gasteiger partial charge >= 0.3 is 5.97 Å². The van der Waals surface area contributed by atoms with Crippen molar-refractivity contribution in [3.8, 4) is 5.75 Å². The zero-order valence-electron chi connectivity index (χ0n) is 15.7. The Bertz CT molecular complexity index is 788. The molecule has 0 aliphatic carbocycles. The van der Waals surface area contributed by atoms with Crippen LogP contribution in [0, 0.1) is 0 Å². The van der Waals surface area contributed by atoms with Gasteiger partial charge in [-0.2, -0.15) is 0 Å². The number of imide groups is 1. The van der Waals surface area contributed by atoms with Crippen LogP contribution in [0.15, 0.2) is 18.2 Å². The van der Waals surface area contributed by atoms with E-state index in [0.717, 1.165) is 42.9 Å². The topological polar surface area (TPSA) is 99.2 Å². The zero-order chi connectivity index (χ0) is 19.7. The van der Waals surface area contributed by atoms with Gasteiger partial charge in [-0.1, -0.05) is 12.1 Å². The third-order valence-corrected chi connectivity index (χ3v) is 5.89. The molecule has 2 N–H and O–H groups in total. The maximum Gasteiger partial charge on any atom is 0.317 e. The first-order chi connectivity index (χ1) is 13.5. The summed E-state index contributed by atoms with van der Waals surface area (Å²) in [5.74, 6) is -0.108. The van der Waals surface area contributed by atoms with Gasteiger partial charge in [-0.05, 0) is 49.9 Å². The Kier molecular flexibility index (Phi) is 5.21. The second-order valence-corrected chi connectivity index (χ2v) is 7.65. The summed E-state index contributed by atoms with van der Waals surface area (Å²) in [6.07, 6.45) is 2.63. The van der Waals surface area contributed by atoms with Crippen molar-refractivity contribution in [2.75, 3.05) is 37.7 Å². The van der Waals surface area contributed by atoms with Crippen LogP contribution in [0.1, 0.15) is 37.2 Å². The van der Waals surface area contributed by atoms with Gasteiger partial charge < -0.3 is 14.7 Å². The van der Waals surface area contributed by atoms with E-state index in [-0.39, 0.29) is 24.4 Å². The lowest BCUT2D eigenvalue weighted by Gasteiger charge is -2.40. The van der Waals surface area contributed by atoms with Gasteiger partial charge in [0, 0.05) is 6.42 Å². The first-order valence-corrected chi connectivity index (χ1v) is 9.83. The highest BCUT2D eigenvalue weighted by atomic mass is 16.5. The molecule has 8 heteroatoms. The molecule has 3 heterocycles. The number of aliphatic carboxylic acids is 1. The molecule has 1 aromatic carbocycles. The number of carboxylic acid groups (broad SMARTS) is 1. The van der Waals surface area contributed by atoms with E-state index in [9.17, 15) is 14.4 Å². The quantitative estimate of drug-likeness (QED) is 0.742. The van der Waals surface area contributed by atoms with Gasteiger partial charge in [0.05, 0.1) is 18.8 Å². The van der Waals surface area contributed by atoms with Gasteiger partial charge in [0.15, 0.2) is 0 Å². The average Bonchev–Trinajstić information content (AvgIpc) is 2.67. The maximum atomic E-state index is 12.4. The van der Waals surface area contributed by atoms with Crippen LogP contribution in [0.4, 0.5) is 5.69 Å². The van der Waals surface area contributed by atoms with E-state index in [0.29, 0.717) is 31.9 Å². The highest BCUT2D eigenvalue weighted by Crippen LogP contribution is 2.42. The fourth-order valence-corrected chi connectivity index (χ4v) is 4.51. The number of carbonyl (C=O) groups excluding carboxylic acids is 2. The van der Waals surface area contributed by atoms with Crippen LogP contribution in [-0.2, 0) is 14.4 Å². The third kappa shape index (κ3) is 3.69. The Labute approximate surface area is 163 Å². The summed E-state index contributed by atoms with van der Waals surface area (Å²) in [6.45, 7) is 2.69. The van der Waals surface area contributed by atoms with Crippen LogP contribution in [0.2, 0.25) is 0 Å². The van der Waals surface area contributed by atoms with E-state index >= 15 is 0 Å². The van der Waals surface area contributed by atoms with E-state index in [2.05, 4.69) is 16.3 Å². The first-order valence-electron chi connectivity index (χ1n) is 9.83. The van der Waals surface area contributed by atoms with Crippen molar-refractivity contribution in [2.24, 2.45) is 0 Å². The van der Waals surface area contributed by atoms with Gasteiger partial charge in [0.25, 0.3) is 0 Å². The molecule has 3 aliphatic rings. The summed E-state index contributed by atoms with van der Waals surface area (Å²) in [6, 6.07) is 5.68. The average molecular weight is 387 g/mol. The van der Waals surface area contributed by atoms with Crippen molar-refractivity contribution in [3.05, 3.63) is 23.8 Å². The predicted octanol–water partition coefficient (Wildman–Crippen LogP) is 0.955. The zero-order valence-corrected chi connectivity index (χ0v) is 15.7.